The molecule has 1 aliphatic rings. The van der Waals surface area contributed by atoms with Crippen LogP contribution in [-0.2, 0) is 4.79 Å². The maximum absolute atomic E-state index is 12.5. The number of fused-ring (bicyclic) bond motifs is 1. The zero-order valence-electron chi connectivity index (χ0n) is 16.1. The van der Waals surface area contributed by atoms with Crippen molar-refractivity contribution < 1.29 is 4.79 Å². The number of carbonyl (C=O) groups excluding carboxylic acids is 1. The molecule has 7 nitrogen and oxygen atoms in total. The molecule has 28 heavy (non-hydrogen) atoms. The fourth-order valence-electron chi connectivity index (χ4n) is 3.09. The van der Waals surface area contributed by atoms with E-state index in [0.29, 0.717) is 6.04 Å². The molecule has 2 heterocycles. The van der Waals surface area contributed by atoms with Gasteiger partial charge in [-0.1, -0.05) is 30.0 Å². The second-order valence-corrected chi connectivity index (χ2v) is 8.51. The molecule has 1 N–H and O–H groups in total. The monoisotopic (exact) mass is 394 g/mol. The molecular formula is C20H22N6OS. The zero-order chi connectivity index (χ0) is 19.9. The van der Waals surface area contributed by atoms with Crippen LogP contribution in [0.1, 0.15) is 32.7 Å². The van der Waals surface area contributed by atoms with Crippen LogP contribution in [-0.4, -0.2) is 48.9 Å². The molecule has 8 heteroatoms. The van der Waals surface area contributed by atoms with E-state index < -0.39 is 5.54 Å². The van der Waals surface area contributed by atoms with E-state index in [1.165, 1.54) is 16.7 Å². The molecule has 0 radical (unpaired) electrons. The van der Waals surface area contributed by atoms with Crippen molar-refractivity contribution in [1.29, 1.82) is 5.26 Å². The topological polar surface area (TPSA) is 90.6 Å². The predicted octanol–water partition coefficient (Wildman–Crippen LogP) is 3.61. The molecule has 3 aromatic rings. The number of H-pyrrole nitrogens is 1. The Balaban J connectivity index is 1.60. The Morgan fingerprint density at radius 1 is 1.39 bits per heavy atom. The number of nitrogens with zero attached hydrogens (tertiary/aromatic N) is 5. The Morgan fingerprint density at radius 2 is 2.14 bits per heavy atom. The van der Waals surface area contributed by atoms with Gasteiger partial charge in [-0.15, -0.1) is 10.2 Å². The summed E-state index contributed by atoms with van der Waals surface area (Å²) in [7, 11) is 1.66. The van der Waals surface area contributed by atoms with Crippen molar-refractivity contribution in [2.24, 2.45) is 0 Å². The van der Waals surface area contributed by atoms with Gasteiger partial charge in [0.2, 0.25) is 5.91 Å². The van der Waals surface area contributed by atoms with E-state index in [1.54, 1.807) is 20.9 Å². The molecule has 2 aromatic heterocycles. The molecule has 1 aromatic carbocycles. The Labute approximate surface area is 167 Å². The van der Waals surface area contributed by atoms with Crippen molar-refractivity contribution in [2.45, 2.75) is 43.4 Å². The summed E-state index contributed by atoms with van der Waals surface area (Å²) in [6, 6.07) is 10.7. The largest absolute Gasteiger partial charge is 0.360 e. The molecule has 0 aliphatic heterocycles. The minimum atomic E-state index is -0.836. The summed E-state index contributed by atoms with van der Waals surface area (Å²) in [4.78, 5) is 17.3. The van der Waals surface area contributed by atoms with Gasteiger partial charge in [0.1, 0.15) is 5.54 Å². The van der Waals surface area contributed by atoms with E-state index >= 15 is 0 Å². The number of thioether (sulfide) groups is 1. The Kier molecular flexibility index (Phi) is 4.63. The van der Waals surface area contributed by atoms with Gasteiger partial charge in [-0.25, -0.2) is 0 Å². The molecule has 1 aliphatic carbocycles. The number of hydrogen-bond donors (Lipinski definition) is 1. The van der Waals surface area contributed by atoms with Crippen LogP contribution in [0, 0.1) is 11.3 Å². The summed E-state index contributed by atoms with van der Waals surface area (Å²) >= 11 is 1.38. The maximum Gasteiger partial charge on any atom is 0.234 e. The number of amides is 1. The molecule has 0 saturated heterocycles. The van der Waals surface area contributed by atoms with Crippen molar-refractivity contribution in [2.75, 3.05) is 12.8 Å². The molecular weight excluding hydrogens is 372 g/mol. The first-order chi connectivity index (χ1) is 13.4. The Hall–Kier alpha value is -2.79. The molecule has 0 atom stereocenters. The highest BCUT2D eigenvalue weighted by Crippen LogP contribution is 2.42. The third-order valence-corrected chi connectivity index (χ3v) is 6.15. The first-order valence-electron chi connectivity index (χ1n) is 9.24. The zero-order valence-corrected chi connectivity index (χ0v) is 17.0. The van der Waals surface area contributed by atoms with Crippen LogP contribution in [0.15, 0.2) is 35.6 Å². The van der Waals surface area contributed by atoms with Crippen LogP contribution in [0.4, 0.5) is 0 Å². The van der Waals surface area contributed by atoms with Gasteiger partial charge in [-0.3, -0.25) is 9.36 Å². The third-order valence-electron chi connectivity index (χ3n) is 5.22. The molecule has 4 rings (SSSR count). The molecule has 0 spiro atoms. The summed E-state index contributed by atoms with van der Waals surface area (Å²) < 4.78 is 2.16. The van der Waals surface area contributed by atoms with Crippen molar-refractivity contribution in [3.05, 3.63) is 30.5 Å². The average Bonchev–Trinajstić information content (AvgIpc) is 3.31. The van der Waals surface area contributed by atoms with Gasteiger partial charge in [-0.2, -0.15) is 5.26 Å². The number of rotatable bonds is 6. The van der Waals surface area contributed by atoms with Gasteiger partial charge in [0.05, 0.1) is 11.8 Å². The predicted molar refractivity (Wildman–Crippen MR) is 109 cm³/mol. The second kappa shape index (κ2) is 6.99. The number of para-hydroxylation sites is 1. The molecule has 1 saturated carbocycles. The molecule has 1 amide bonds. The summed E-state index contributed by atoms with van der Waals surface area (Å²) in [6.45, 7) is 3.47. The first kappa shape index (κ1) is 18.6. The number of nitrogens with one attached hydrogen (secondary N) is 1. The minimum Gasteiger partial charge on any atom is -0.360 e. The summed E-state index contributed by atoms with van der Waals surface area (Å²) in [5.41, 5.74) is 1.25. The van der Waals surface area contributed by atoms with Crippen LogP contribution in [0.3, 0.4) is 0 Å². The molecule has 144 valence electrons. The minimum absolute atomic E-state index is 0.101. The van der Waals surface area contributed by atoms with Crippen LogP contribution in [0.25, 0.3) is 22.3 Å². The van der Waals surface area contributed by atoms with Crippen molar-refractivity contribution >= 4 is 28.6 Å². The van der Waals surface area contributed by atoms with E-state index in [9.17, 15) is 10.1 Å². The normalized spacial score (nSPS) is 14.2. The number of nitriles is 1. The first-order valence-corrected chi connectivity index (χ1v) is 10.2. The van der Waals surface area contributed by atoms with Gasteiger partial charge < -0.3 is 9.88 Å². The van der Waals surface area contributed by atoms with Crippen LogP contribution >= 0.6 is 11.8 Å². The summed E-state index contributed by atoms with van der Waals surface area (Å²) in [5.74, 6) is 0.955. The fourth-order valence-corrected chi connectivity index (χ4v) is 4.01. The number of hydrogen-bond acceptors (Lipinski definition) is 5. The highest BCUT2D eigenvalue weighted by Gasteiger charge is 2.32. The van der Waals surface area contributed by atoms with Crippen molar-refractivity contribution in [3.63, 3.8) is 0 Å². The van der Waals surface area contributed by atoms with Gasteiger partial charge in [0.25, 0.3) is 0 Å². The van der Waals surface area contributed by atoms with Crippen molar-refractivity contribution in [3.8, 4) is 17.5 Å². The van der Waals surface area contributed by atoms with Gasteiger partial charge in [0, 0.05) is 35.8 Å². The standard InChI is InChI=1S/C20H22N6OS/c1-20(2,12-21)25(3)17(27)11-28-19-24-23-18(26(19)13-8-9-13)15-10-22-16-7-5-4-6-14(15)16/h4-7,10,13,22H,8-9,11H2,1-3H3. The van der Waals surface area contributed by atoms with E-state index in [2.05, 4.69) is 31.9 Å². The van der Waals surface area contributed by atoms with Gasteiger partial charge in [0.15, 0.2) is 11.0 Å². The van der Waals surface area contributed by atoms with Gasteiger partial charge in [-0.05, 0) is 32.8 Å². The van der Waals surface area contributed by atoms with Crippen LogP contribution < -0.4 is 0 Å². The maximum atomic E-state index is 12.5. The number of aromatic amines is 1. The fraction of sp³-hybridized carbons (Fsp3) is 0.400. The van der Waals surface area contributed by atoms with E-state index in [-0.39, 0.29) is 11.7 Å². The lowest BCUT2D eigenvalue weighted by Crippen LogP contribution is -2.44. The number of benzene rings is 1. The highest BCUT2D eigenvalue weighted by molar-refractivity contribution is 7.99. The lowest BCUT2D eigenvalue weighted by molar-refractivity contribution is -0.130. The molecule has 0 unspecified atom stereocenters. The van der Waals surface area contributed by atoms with Crippen molar-refractivity contribution in [1.82, 2.24) is 24.6 Å². The Morgan fingerprint density at radius 3 is 2.86 bits per heavy atom. The second-order valence-electron chi connectivity index (χ2n) is 7.57. The summed E-state index contributed by atoms with van der Waals surface area (Å²) in [6.07, 6.45) is 4.16. The smallest absolute Gasteiger partial charge is 0.234 e. The van der Waals surface area contributed by atoms with E-state index in [4.69, 9.17) is 0 Å². The molecule has 0 bridgehead atoms. The molecule has 1 fully saturated rings. The summed E-state index contributed by atoms with van der Waals surface area (Å²) in [5, 5.41) is 19.9. The van der Waals surface area contributed by atoms with Crippen LogP contribution in [0.5, 0.6) is 0 Å². The Bertz CT molecular complexity index is 1070. The lowest BCUT2D eigenvalue weighted by atomic mass is 10.1. The lowest BCUT2D eigenvalue weighted by Gasteiger charge is -2.28. The van der Waals surface area contributed by atoms with Crippen LogP contribution in [0.2, 0.25) is 0 Å². The number of aromatic nitrogens is 4. The SMILES string of the molecule is CN(C(=O)CSc1nnc(-c2c[nH]c3ccccc23)n1C1CC1)C(C)(C)C#N. The van der Waals surface area contributed by atoms with Gasteiger partial charge >= 0.3 is 0 Å². The third kappa shape index (κ3) is 3.27. The van der Waals surface area contributed by atoms with E-state index in [0.717, 1.165) is 40.3 Å². The number of carbonyl (C=O) groups is 1. The average molecular weight is 395 g/mol. The van der Waals surface area contributed by atoms with E-state index in [1.807, 2.05) is 24.4 Å². The highest BCUT2D eigenvalue weighted by atomic mass is 32.2. The quantitative estimate of drug-likeness (QED) is 0.645.